The quantitative estimate of drug-likeness (QED) is 0.886. The van der Waals surface area contributed by atoms with Crippen molar-refractivity contribution in [1.29, 1.82) is 5.26 Å². The predicted molar refractivity (Wildman–Crippen MR) is 84.4 cm³/mol. The predicted octanol–water partition coefficient (Wildman–Crippen LogP) is 2.98. The van der Waals surface area contributed by atoms with Crippen molar-refractivity contribution in [2.24, 2.45) is 0 Å². The Balaban J connectivity index is 2.47. The Morgan fingerprint density at radius 2 is 1.86 bits per heavy atom. The number of benzene rings is 1. The van der Waals surface area contributed by atoms with Crippen LogP contribution in [0.2, 0.25) is 0 Å². The average Bonchev–Trinajstić information content (AvgIpc) is 2.90. The van der Waals surface area contributed by atoms with Crippen LogP contribution in [-0.4, -0.2) is 16.3 Å². The van der Waals surface area contributed by atoms with E-state index in [1.807, 2.05) is 28.9 Å². The van der Waals surface area contributed by atoms with E-state index in [0.29, 0.717) is 5.56 Å². The summed E-state index contributed by atoms with van der Waals surface area (Å²) in [5.74, 6) is 0. The van der Waals surface area contributed by atoms with Gasteiger partial charge >= 0.3 is 0 Å². The molecule has 0 unspecified atom stereocenters. The first-order chi connectivity index (χ1) is 10.2. The molecule has 0 fully saturated rings. The Bertz CT molecular complexity index is 632. The highest BCUT2D eigenvalue weighted by Gasteiger charge is 2.16. The van der Waals surface area contributed by atoms with Gasteiger partial charge < -0.3 is 5.32 Å². The van der Waals surface area contributed by atoms with Gasteiger partial charge in [-0.1, -0.05) is 20.8 Å². The van der Waals surface area contributed by atoms with E-state index in [-0.39, 0.29) is 0 Å². The van der Waals surface area contributed by atoms with Crippen LogP contribution in [0.25, 0.3) is 5.69 Å². The van der Waals surface area contributed by atoms with Crippen LogP contribution >= 0.6 is 0 Å². The minimum Gasteiger partial charge on any atom is -0.313 e. The van der Waals surface area contributed by atoms with E-state index in [4.69, 9.17) is 10.4 Å². The molecule has 0 amide bonds. The third-order valence-corrected chi connectivity index (χ3v) is 3.64. The van der Waals surface area contributed by atoms with Crippen molar-refractivity contribution in [3.05, 3.63) is 46.8 Å². The van der Waals surface area contributed by atoms with Gasteiger partial charge in [-0.15, -0.1) is 0 Å². The molecule has 1 N–H and O–H groups in total. The molecule has 0 radical (unpaired) electrons. The molecule has 4 heteroatoms. The van der Waals surface area contributed by atoms with Gasteiger partial charge in [0, 0.05) is 17.8 Å². The van der Waals surface area contributed by atoms with Crippen molar-refractivity contribution < 1.29 is 0 Å². The van der Waals surface area contributed by atoms with Gasteiger partial charge in [0.05, 0.1) is 23.0 Å². The van der Waals surface area contributed by atoms with E-state index in [9.17, 15) is 0 Å². The van der Waals surface area contributed by atoms with Crippen LogP contribution in [0.4, 0.5) is 0 Å². The zero-order valence-electron chi connectivity index (χ0n) is 13.0. The van der Waals surface area contributed by atoms with Gasteiger partial charge in [0.15, 0.2) is 0 Å². The molecule has 110 valence electrons. The number of nitrogens with one attached hydrogen (secondary N) is 1. The molecule has 0 aliphatic heterocycles. The summed E-state index contributed by atoms with van der Waals surface area (Å²) in [6.45, 7) is 8.22. The fourth-order valence-corrected chi connectivity index (χ4v) is 2.53. The Hall–Kier alpha value is -2.12. The molecule has 0 aliphatic carbocycles. The summed E-state index contributed by atoms with van der Waals surface area (Å²) in [4.78, 5) is 0. The molecule has 1 heterocycles. The van der Waals surface area contributed by atoms with Crippen molar-refractivity contribution in [1.82, 2.24) is 15.1 Å². The van der Waals surface area contributed by atoms with Crippen LogP contribution < -0.4 is 5.32 Å². The fourth-order valence-electron chi connectivity index (χ4n) is 2.53. The molecule has 1 aromatic carbocycles. The standard InChI is InChI=1S/C17H22N4/c1-4-16-15(12-19-6-3)17(5-2)21(20-16)14-9-7-13(11-18)8-10-14/h7-10,19H,4-6,12H2,1-3H3. The highest BCUT2D eigenvalue weighted by atomic mass is 15.3. The molecule has 2 aromatic rings. The first-order valence-corrected chi connectivity index (χ1v) is 7.55. The maximum atomic E-state index is 8.90. The normalized spacial score (nSPS) is 10.6. The molecule has 21 heavy (non-hydrogen) atoms. The lowest BCUT2D eigenvalue weighted by molar-refractivity contribution is 0.712. The summed E-state index contributed by atoms with van der Waals surface area (Å²) in [5.41, 5.74) is 5.40. The first-order valence-electron chi connectivity index (χ1n) is 7.55. The van der Waals surface area contributed by atoms with Crippen LogP contribution in [-0.2, 0) is 19.4 Å². The summed E-state index contributed by atoms with van der Waals surface area (Å²) in [6, 6.07) is 9.75. The van der Waals surface area contributed by atoms with Crippen LogP contribution in [0.1, 0.15) is 43.3 Å². The average molecular weight is 282 g/mol. The number of nitriles is 1. The maximum absolute atomic E-state index is 8.90. The first kappa shape index (κ1) is 15.3. The molecule has 2 rings (SSSR count). The number of rotatable bonds is 6. The molecule has 0 saturated carbocycles. The van der Waals surface area contributed by atoms with E-state index < -0.39 is 0 Å². The highest BCUT2D eigenvalue weighted by Crippen LogP contribution is 2.20. The van der Waals surface area contributed by atoms with Gasteiger partial charge in [-0.2, -0.15) is 10.4 Å². The van der Waals surface area contributed by atoms with E-state index in [1.165, 1.54) is 11.3 Å². The smallest absolute Gasteiger partial charge is 0.0991 e. The van der Waals surface area contributed by atoms with E-state index in [2.05, 4.69) is 32.2 Å². The Morgan fingerprint density at radius 1 is 1.14 bits per heavy atom. The largest absolute Gasteiger partial charge is 0.313 e. The second kappa shape index (κ2) is 7.05. The minimum absolute atomic E-state index is 0.674. The zero-order valence-corrected chi connectivity index (χ0v) is 13.0. The van der Waals surface area contributed by atoms with Crippen molar-refractivity contribution in [3.63, 3.8) is 0 Å². The van der Waals surface area contributed by atoms with Gasteiger partial charge in [-0.25, -0.2) is 4.68 Å². The second-order valence-electron chi connectivity index (χ2n) is 4.93. The van der Waals surface area contributed by atoms with Gasteiger partial charge in [-0.3, -0.25) is 0 Å². The number of aryl methyl sites for hydroxylation is 1. The van der Waals surface area contributed by atoms with Crippen LogP contribution in [0.3, 0.4) is 0 Å². The molecular formula is C17H22N4. The third-order valence-electron chi connectivity index (χ3n) is 3.64. The lowest BCUT2D eigenvalue weighted by Crippen LogP contribution is -2.14. The lowest BCUT2D eigenvalue weighted by Gasteiger charge is -2.08. The number of nitrogens with zero attached hydrogens (tertiary/aromatic N) is 3. The van der Waals surface area contributed by atoms with Gasteiger partial charge in [-0.05, 0) is 43.7 Å². The van der Waals surface area contributed by atoms with E-state index >= 15 is 0 Å². The highest BCUT2D eigenvalue weighted by molar-refractivity contribution is 5.42. The number of hydrogen-bond acceptors (Lipinski definition) is 3. The second-order valence-corrected chi connectivity index (χ2v) is 4.93. The topological polar surface area (TPSA) is 53.6 Å². The molecule has 0 saturated heterocycles. The zero-order chi connectivity index (χ0) is 15.2. The van der Waals surface area contributed by atoms with Crippen molar-refractivity contribution >= 4 is 0 Å². The molecule has 0 spiro atoms. The molecule has 0 atom stereocenters. The van der Waals surface area contributed by atoms with E-state index in [1.54, 1.807) is 0 Å². The van der Waals surface area contributed by atoms with Gasteiger partial charge in [0.2, 0.25) is 0 Å². The Kier molecular flexibility index (Phi) is 5.13. The van der Waals surface area contributed by atoms with Crippen LogP contribution in [0, 0.1) is 11.3 Å². The van der Waals surface area contributed by atoms with Crippen molar-refractivity contribution in [2.45, 2.75) is 40.2 Å². The molecule has 0 aliphatic rings. The van der Waals surface area contributed by atoms with Crippen molar-refractivity contribution in [2.75, 3.05) is 6.54 Å². The minimum atomic E-state index is 0.674. The Morgan fingerprint density at radius 3 is 2.38 bits per heavy atom. The molecule has 4 nitrogen and oxygen atoms in total. The van der Waals surface area contributed by atoms with E-state index in [0.717, 1.165) is 37.3 Å². The number of hydrogen-bond donors (Lipinski definition) is 1. The molecule has 1 aromatic heterocycles. The third kappa shape index (κ3) is 3.14. The van der Waals surface area contributed by atoms with Gasteiger partial charge in [0.1, 0.15) is 0 Å². The molecule has 0 bridgehead atoms. The summed E-state index contributed by atoms with van der Waals surface area (Å²) in [7, 11) is 0. The van der Waals surface area contributed by atoms with Gasteiger partial charge in [0.25, 0.3) is 0 Å². The summed E-state index contributed by atoms with van der Waals surface area (Å²) in [6.07, 6.45) is 1.87. The number of aromatic nitrogens is 2. The van der Waals surface area contributed by atoms with Crippen LogP contribution in [0.15, 0.2) is 24.3 Å². The SMILES string of the molecule is CCNCc1c(CC)nn(-c2ccc(C#N)cc2)c1CC. The van der Waals surface area contributed by atoms with Crippen molar-refractivity contribution in [3.8, 4) is 11.8 Å². The Labute approximate surface area is 126 Å². The summed E-state index contributed by atoms with van der Waals surface area (Å²) in [5, 5.41) is 17.1. The lowest BCUT2D eigenvalue weighted by atomic mass is 10.1. The summed E-state index contributed by atoms with van der Waals surface area (Å²) < 4.78 is 2.02. The molecular weight excluding hydrogens is 260 g/mol. The van der Waals surface area contributed by atoms with Crippen LogP contribution in [0.5, 0.6) is 0 Å². The fraction of sp³-hybridized carbons (Fsp3) is 0.412. The maximum Gasteiger partial charge on any atom is 0.0991 e. The monoisotopic (exact) mass is 282 g/mol. The summed E-state index contributed by atoms with van der Waals surface area (Å²) >= 11 is 0.